The molecule has 0 spiro atoms. The maximum atomic E-state index is 12.0. The molecule has 2 fully saturated rings. The van der Waals surface area contributed by atoms with E-state index in [1.807, 2.05) is 0 Å². The molecule has 0 unspecified atom stereocenters. The third kappa shape index (κ3) is 4.50. The van der Waals surface area contributed by atoms with Gasteiger partial charge in [-0.2, -0.15) is 0 Å². The first-order valence-corrected chi connectivity index (χ1v) is 9.46. The molecule has 0 aromatic heterocycles. The highest BCUT2D eigenvalue weighted by atomic mass is 16.2. The normalized spacial score (nSPS) is 20.5. The summed E-state index contributed by atoms with van der Waals surface area (Å²) in [6.45, 7) is 9.76. The number of rotatable bonds is 6. The van der Waals surface area contributed by atoms with Crippen LogP contribution in [0.15, 0.2) is 24.3 Å². The zero-order chi connectivity index (χ0) is 16.9. The van der Waals surface area contributed by atoms with Crippen LogP contribution in [0.25, 0.3) is 0 Å². The van der Waals surface area contributed by atoms with E-state index < -0.39 is 0 Å². The SMILES string of the molecule is Cc1cccc(N2CCN(CC[C@@H](C)NC(=O)C3CCC3)CC2)c1. The Balaban J connectivity index is 1.37. The van der Waals surface area contributed by atoms with E-state index in [1.165, 1.54) is 17.7 Å². The van der Waals surface area contributed by atoms with Crippen molar-refractivity contribution in [1.82, 2.24) is 10.2 Å². The van der Waals surface area contributed by atoms with Crippen LogP contribution in [0.1, 0.15) is 38.2 Å². The lowest BCUT2D eigenvalue weighted by molar-refractivity contribution is -0.128. The molecule has 1 aliphatic carbocycles. The summed E-state index contributed by atoms with van der Waals surface area (Å²) in [5.41, 5.74) is 2.67. The van der Waals surface area contributed by atoms with Crippen LogP contribution in [0.3, 0.4) is 0 Å². The van der Waals surface area contributed by atoms with Gasteiger partial charge in [-0.15, -0.1) is 0 Å². The Morgan fingerprint density at radius 2 is 2.00 bits per heavy atom. The predicted octanol–water partition coefficient (Wildman–Crippen LogP) is 2.81. The third-order valence-electron chi connectivity index (χ3n) is 5.48. The van der Waals surface area contributed by atoms with E-state index in [1.54, 1.807) is 0 Å². The molecule has 1 atom stereocenters. The van der Waals surface area contributed by atoms with Gasteiger partial charge in [0, 0.05) is 50.4 Å². The topological polar surface area (TPSA) is 35.6 Å². The molecule has 24 heavy (non-hydrogen) atoms. The van der Waals surface area contributed by atoms with E-state index >= 15 is 0 Å². The van der Waals surface area contributed by atoms with E-state index in [4.69, 9.17) is 0 Å². The van der Waals surface area contributed by atoms with Crippen molar-refractivity contribution in [3.8, 4) is 0 Å². The van der Waals surface area contributed by atoms with Crippen LogP contribution in [0.4, 0.5) is 5.69 Å². The summed E-state index contributed by atoms with van der Waals surface area (Å²) in [5, 5.41) is 3.19. The third-order valence-corrected chi connectivity index (χ3v) is 5.48. The van der Waals surface area contributed by atoms with Crippen molar-refractivity contribution in [3.63, 3.8) is 0 Å². The van der Waals surface area contributed by atoms with Crippen molar-refractivity contribution in [2.24, 2.45) is 5.92 Å². The average Bonchev–Trinajstić information content (AvgIpc) is 2.51. The Kier molecular flexibility index (Phi) is 5.77. The van der Waals surface area contributed by atoms with Gasteiger partial charge in [0.25, 0.3) is 0 Å². The second-order valence-electron chi connectivity index (χ2n) is 7.49. The molecule has 1 saturated carbocycles. The lowest BCUT2D eigenvalue weighted by Gasteiger charge is -2.36. The molecule has 3 rings (SSSR count). The van der Waals surface area contributed by atoms with Crippen molar-refractivity contribution in [2.45, 2.75) is 45.6 Å². The highest BCUT2D eigenvalue weighted by Gasteiger charge is 2.26. The number of benzene rings is 1. The second-order valence-corrected chi connectivity index (χ2v) is 7.49. The zero-order valence-electron chi connectivity index (χ0n) is 15.1. The minimum Gasteiger partial charge on any atom is -0.369 e. The van der Waals surface area contributed by atoms with Gasteiger partial charge in [0.2, 0.25) is 5.91 Å². The number of anilines is 1. The monoisotopic (exact) mass is 329 g/mol. The first kappa shape index (κ1) is 17.3. The van der Waals surface area contributed by atoms with E-state index in [0.29, 0.717) is 5.92 Å². The van der Waals surface area contributed by atoms with E-state index in [9.17, 15) is 4.79 Å². The zero-order valence-corrected chi connectivity index (χ0v) is 15.1. The number of piperazine rings is 1. The fourth-order valence-electron chi connectivity index (χ4n) is 3.53. The first-order valence-electron chi connectivity index (χ1n) is 9.46. The second kappa shape index (κ2) is 8.02. The van der Waals surface area contributed by atoms with Gasteiger partial charge in [-0.05, 0) is 50.8 Å². The molecular formula is C20H31N3O. The number of nitrogens with zero attached hydrogens (tertiary/aromatic N) is 2. The quantitative estimate of drug-likeness (QED) is 0.872. The van der Waals surface area contributed by atoms with Gasteiger partial charge in [0.1, 0.15) is 0 Å². The van der Waals surface area contributed by atoms with Crippen molar-refractivity contribution in [2.75, 3.05) is 37.6 Å². The highest BCUT2D eigenvalue weighted by molar-refractivity contribution is 5.79. The molecule has 1 aliphatic heterocycles. The van der Waals surface area contributed by atoms with Gasteiger partial charge in [-0.25, -0.2) is 0 Å². The Labute approximate surface area is 146 Å². The van der Waals surface area contributed by atoms with Gasteiger partial charge < -0.3 is 10.2 Å². The van der Waals surface area contributed by atoms with E-state index in [0.717, 1.165) is 52.0 Å². The molecule has 4 heteroatoms. The molecule has 1 aromatic carbocycles. The Hall–Kier alpha value is -1.55. The van der Waals surface area contributed by atoms with E-state index in [2.05, 4.69) is 53.2 Å². The summed E-state index contributed by atoms with van der Waals surface area (Å²) in [7, 11) is 0. The Bertz CT molecular complexity index is 548. The molecule has 0 bridgehead atoms. The predicted molar refractivity (Wildman–Crippen MR) is 99.4 cm³/mol. The molecular weight excluding hydrogens is 298 g/mol. The van der Waals surface area contributed by atoms with Gasteiger partial charge in [-0.1, -0.05) is 18.6 Å². The number of carbonyl (C=O) groups is 1. The van der Waals surface area contributed by atoms with Crippen LogP contribution in [-0.2, 0) is 4.79 Å². The van der Waals surface area contributed by atoms with Crippen LogP contribution in [0.5, 0.6) is 0 Å². The van der Waals surface area contributed by atoms with E-state index in [-0.39, 0.29) is 11.9 Å². The minimum atomic E-state index is 0.276. The van der Waals surface area contributed by atoms with Crippen LogP contribution in [0, 0.1) is 12.8 Å². The summed E-state index contributed by atoms with van der Waals surface area (Å²) < 4.78 is 0. The molecule has 1 saturated heterocycles. The molecule has 0 radical (unpaired) electrons. The molecule has 132 valence electrons. The van der Waals surface area contributed by atoms with Crippen molar-refractivity contribution >= 4 is 11.6 Å². The van der Waals surface area contributed by atoms with Gasteiger partial charge in [-0.3, -0.25) is 9.69 Å². The van der Waals surface area contributed by atoms with Gasteiger partial charge >= 0.3 is 0 Å². The fourth-order valence-corrected chi connectivity index (χ4v) is 3.53. The largest absolute Gasteiger partial charge is 0.369 e. The standard InChI is InChI=1S/C20H31N3O/c1-16-5-3-8-19(15-16)23-13-11-22(12-14-23)10-9-17(2)21-20(24)18-6-4-7-18/h3,5,8,15,17-18H,4,6-7,9-14H2,1-2H3,(H,21,24)/t17-/m1/s1. The highest BCUT2D eigenvalue weighted by Crippen LogP contribution is 2.26. The lowest BCUT2D eigenvalue weighted by Crippen LogP contribution is -2.48. The molecule has 1 aromatic rings. The van der Waals surface area contributed by atoms with Crippen molar-refractivity contribution < 1.29 is 4.79 Å². The summed E-state index contributed by atoms with van der Waals surface area (Å²) in [5.74, 6) is 0.573. The minimum absolute atomic E-state index is 0.276. The summed E-state index contributed by atoms with van der Waals surface area (Å²) in [6.07, 6.45) is 4.43. The number of aryl methyl sites for hydroxylation is 1. The Morgan fingerprint density at radius 3 is 2.62 bits per heavy atom. The first-order chi connectivity index (χ1) is 11.6. The maximum absolute atomic E-state index is 12.0. The number of nitrogens with one attached hydrogen (secondary N) is 1. The molecule has 1 amide bonds. The lowest BCUT2D eigenvalue weighted by atomic mass is 9.84. The average molecular weight is 329 g/mol. The van der Waals surface area contributed by atoms with Crippen molar-refractivity contribution in [3.05, 3.63) is 29.8 Å². The molecule has 2 aliphatic rings. The summed E-state index contributed by atoms with van der Waals surface area (Å²) >= 11 is 0. The van der Waals surface area contributed by atoms with Crippen molar-refractivity contribution in [1.29, 1.82) is 0 Å². The molecule has 1 N–H and O–H groups in total. The Morgan fingerprint density at radius 1 is 1.25 bits per heavy atom. The number of amides is 1. The van der Waals surface area contributed by atoms with Gasteiger partial charge in [0.15, 0.2) is 0 Å². The number of hydrogen-bond donors (Lipinski definition) is 1. The smallest absolute Gasteiger partial charge is 0.223 e. The van der Waals surface area contributed by atoms with Crippen LogP contribution >= 0.6 is 0 Å². The number of hydrogen-bond acceptors (Lipinski definition) is 3. The summed E-state index contributed by atoms with van der Waals surface area (Å²) in [6, 6.07) is 9.06. The molecule has 4 nitrogen and oxygen atoms in total. The molecule has 1 heterocycles. The summed E-state index contributed by atoms with van der Waals surface area (Å²) in [4.78, 5) is 17.0. The fraction of sp³-hybridized carbons (Fsp3) is 0.650. The number of carbonyl (C=O) groups excluding carboxylic acids is 1. The van der Waals surface area contributed by atoms with Crippen LogP contribution in [0.2, 0.25) is 0 Å². The van der Waals surface area contributed by atoms with Crippen LogP contribution < -0.4 is 10.2 Å². The van der Waals surface area contributed by atoms with Gasteiger partial charge in [0.05, 0.1) is 0 Å². The maximum Gasteiger partial charge on any atom is 0.223 e. The van der Waals surface area contributed by atoms with Crippen LogP contribution in [-0.4, -0.2) is 49.6 Å².